The lowest BCUT2D eigenvalue weighted by atomic mass is 10.0. The summed E-state index contributed by atoms with van der Waals surface area (Å²) in [6.45, 7) is 8.13. The zero-order valence-electron chi connectivity index (χ0n) is 20.9. The maximum atomic E-state index is 13.3. The summed E-state index contributed by atoms with van der Waals surface area (Å²) in [5.74, 6) is 0.709. The number of halogens is 1. The van der Waals surface area contributed by atoms with Crippen LogP contribution in [0.5, 0.6) is 11.5 Å². The summed E-state index contributed by atoms with van der Waals surface area (Å²) >= 11 is 6.48. The van der Waals surface area contributed by atoms with Gasteiger partial charge in [0.05, 0.1) is 0 Å². The van der Waals surface area contributed by atoms with Crippen LogP contribution in [-0.4, -0.2) is 31.7 Å². The summed E-state index contributed by atoms with van der Waals surface area (Å²) in [5, 5.41) is 16.1. The zero-order valence-corrected chi connectivity index (χ0v) is 21.7. The molecule has 190 valence electrons. The molecule has 3 aromatic rings. The van der Waals surface area contributed by atoms with Crippen molar-refractivity contribution in [1.29, 1.82) is 0 Å². The fourth-order valence-corrected chi connectivity index (χ4v) is 4.86. The molecule has 4 rings (SSSR count). The first-order valence-corrected chi connectivity index (χ1v) is 12.6. The van der Waals surface area contributed by atoms with Gasteiger partial charge >= 0.3 is 0 Å². The van der Waals surface area contributed by atoms with Gasteiger partial charge in [-0.25, -0.2) is 0 Å². The number of hydrogen-bond acceptors (Lipinski definition) is 5. The molecular weight excluding hydrogens is 478 g/mol. The number of anilines is 1. The molecule has 0 atom stereocenters. The molecule has 2 aromatic carbocycles. The number of carbonyl (C=O) groups is 1. The Bertz CT molecular complexity index is 1210. The molecule has 0 bridgehead atoms. The maximum Gasteiger partial charge on any atom is 0.254 e. The minimum Gasteiger partial charge on any atom is -0.618 e. The SMILES string of the molecule is CCN(c1cc(Cl)cc(C(=O)NCc2c(Oc3ccccc3)cc(C)c[n+]2[O-])c1C)C1CCOCC1. The zero-order chi connectivity index (χ0) is 25.7. The third kappa shape index (κ3) is 5.91. The van der Waals surface area contributed by atoms with Crippen LogP contribution in [0.15, 0.2) is 54.7 Å². The van der Waals surface area contributed by atoms with Crippen molar-refractivity contribution in [1.82, 2.24) is 5.32 Å². The van der Waals surface area contributed by atoms with Crippen molar-refractivity contribution in [3.8, 4) is 11.5 Å². The van der Waals surface area contributed by atoms with Crippen molar-refractivity contribution >= 4 is 23.2 Å². The number of para-hydroxylation sites is 1. The second kappa shape index (κ2) is 11.6. The van der Waals surface area contributed by atoms with Crippen LogP contribution in [0.25, 0.3) is 0 Å². The second-order valence-corrected chi connectivity index (χ2v) is 9.42. The Morgan fingerprint density at radius 1 is 1.19 bits per heavy atom. The number of aryl methyl sites for hydroxylation is 1. The first kappa shape index (κ1) is 25.8. The summed E-state index contributed by atoms with van der Waals surface area (Å²) in [6, 6.07) is 15.0. The van der Waals surface area contributed by atoms with Crippen molar-refractivity contribution < 1.29 is 19.0 Å². The number of rotatable bonds is 8. The highest BCUT2D eigenvalue weighted by atomic mass is 35.5. The summed E-state index contributed by atoms with van der Waals surface area (Å²) in [7, 11) is 0. The van der Waals surface area contributed by atoms with E-state index in [0.29, 0.717) is 33.8 Å². The molecule has 1 aliphatic rings. The molecule has 7 nitrogen and oxygen atoms in total. The second-order valence-electron chi connectivity index (χ2n) is 8.98. The topological polar surface area (TPSA) is 77.7 Å². The van der Waals surface area contributed by atoms with E-state index < -0.39 is 0 Å². The molecule has 0 saturated carbocycles. The van der Waals surface area contributed by atoms with E-state index in [1.165, 1.54) is 6.20 Å². The normalized spacial score (nSPS) is 13.9. The Kier molecular flexibility index (Phi) is 8.33. The fourth-order valence-electron chi connectivity index (χ4n) is 4.65. The number of ether oxygens (including phenoxy) is 2. The van der Waals surface area contributed by atoms with Gasteiger partial charge in [-0.1, -0.05) is 29.8 Å². The molecular formula is C28H32ClN3O4. The van der Waals surface area contributed by atoms with Crippen LogP contribution in [0.3, 0.4) is 0 Å². The lowest BCUT2D eigenvalue weighted by molar-refractivity contribution is -0.614. The first-order valence-electron chi connectivity index (χ1n) is 12.3. The number of nitrogens with zero attached hydrogens (tertiary/aromatic N) is 2. The largest absolute Gasteiger partial charge is 0.618 e. The van der Waals surface area contributed by atoms with Crippen molar-refractivity contribution in [3.05, 3.63) is 87.3 Å². The quantitative estimate of drug-likeness (QED) is 0.328. The summed E-state index contributed by atoms with van der Waals surface area (Å²) < 4.78 is 12.2. The third-order valence-corrected chi connectivity index (χ3v) is 6.71. The van der Waals surface area contributed by atoms with Gasteiger partial charge in [-0.2, -0.15) is 4.73 Å². The predicted molar refractivity (Wildman–Crippen MR) is 141 cm³/mol. The van der Waals surface area contributed by atoms with Gasteiger partial charge in [0.1, 0.15) is 12.3 Å². The minimum atomic E-state index is -0.300. The molecule has 1 aromatic heterocycles. The molecule has 1 fully saturated rings. The van der Waals surface area contributed by atoms with Crippen molar-refractivity contribution in [2.75, 3.05) is 24.7 Å². The van der Waals surface area contributed by atoms with Gasteiger partial charge in [0.2, 0.25) is 0 Å². The van der Waals surface area contributed by atoms with Crippen molar-refractivity contribution in [2.45, 2.75) is 46.2 Å². The molecule has 2 heterocycles. The summed E-state index contributed by atoms with van der Waals surface area (Å²) in [5.41, 5.74) is 3.36. The van der Waals surface area contributed by atoms with Crippen LogP contribution in [0.2, 0.25) is 5.02 Å². The lowest BCUT2D eigenvalue weighted by Gasteiger charge is -2.36. The highest BCUT2D eigenvalue weighted by Crippen LogP contribution is 2.32. The van der Waals surface area contributed by atoms with Crippen molar-refractivity contribution in [3.63, 3.8) is 0 Å². The Hall–Kier alpha value is -3.29. The predicted octanol–water partition coefficient (Wildman–Crippen LogP) is 5.32. The average Bonchev–Trinajstić information content (AvgIpc) is 2.87. The monoisotopic (exact) mass is 509 g/mol. The van der Waals surface area contributed by atoms with Crippen LogP contribution in [0.4, 0.5) is 5.69 Å². The van der Waals surface area contributed by atoms with E-state index in [2.05, 4.69) is 17.1 Å². The standard InChI is InChI=1S/C28H32ClN3O4/c1-4-31(22-10-12-35-13-11-22)25-16-21(29)15-24(20(25)3)28(33)30-17-26-27(14-19(2)18-32(26)34)36-23-8-6-5-7-9-23/h5-9,14-16,18,22H,4,10-13,17H2,1-3H3,(H,30,33). The van der Waals surface area contributed by atoms with Gasteiger partial charge in [-0.15, -0.1) is 0 Å². The van der Waals surface area contributed by atoms with Gasteiger partial charge in [0, 0.05) is 47.6 Å². The van der Waals surface area contributed by atoms with Crippen LogP contribution in [-0.2, 0) is 11.3 Å². The van der Waals surface area contributed by atoms with Gasteiger partial charge in [-0.3, -0.25) is 4.79 Å². The van der Waals surface area contributed by atoms with Gasteiger partial charge < -0.3 is 24.9 Å². The number of amides is 1. The maximum absolute atomic E-state index is 13.3. The lowest BCUT2D eigenvalue weighted by Crippen LogP contribution is -2.40. The molecule has 1 N–H and O–H groups in total. The molecule has 0 aliphatic carbocycles. The van der Waals surface area contributed by atoms with Gasteiger partial charge in [0.15, 0.2) is 11.9 Å². The Labute approximate surface area is 217 Å². The molecule has 8 heteroatoms. The Morgan fingerprint density at radius 2 is 1.92 bits per heavy atom. The molecule has 0 spiro atoms. The number of aromatic nitrogens is 1. The van der Waals surface area contributed by atoms with E-state index in [1.54, 1.807) is 12.1 Å². The van der Waals surface area contributed by atoms with E-state index in [9.17, 15) is 10.0 Å². The van der Waals surface area contributed by atoms with Crippen LogP contribution in [0.1, 0.15) is 46.9 Å². The molecule has 0 unspecified atom stereocenters. The first-order chi connectivity index (χ1) is 17.4. The average molecular weight is 510 g/mol. The molecule has 0 radical (unpaired) electrons. The van der Waals surface area contributed by atoms with E-state index in [4.69, 9.17) is 21.1 Å². The van der Waals surface area contributed by atoms with Gasteiger partial charge in [-0.05, 0) is 69.5 Å². The van der Waals surface area contributed by atoms with Crippen LogP contribution < -0.4 is 19.7 Å². The van der Waals surface area contributed by atoms with E-state index >= 15 is 0 Å². The number of benzene rings is 2. The molecule has 1 amide bonds. The third-order valence-electron chi connectivity index (χ3n) is 6.49. The smallest absolute Gasteiger partial charge is 0.254 e. The number of hydrogen-bond donors (Lipinski definition) is 1. The fraction of sp³-hybridized carbons (Fsp3) is 0.357. The van der Waals surface area contributed by atoms with Crippen molar-refractivity contribution in [2.24, 2.45) is 0 Å². The molecule has 36 heavy (non-hydrogen) atoms. The Balaban J connectivity index is 1.57. The summed E-state index contributed by atoms with van der Waals surface area (Å²) in [4.78, 5) is 15.6. The molecule has 1 saturated heterocycles. The number of carbonyl (C=O) groups excluding carboxylic acids is 1. The van der Waals surface area contributed by atoms with E-state index in [-0.39, 0.29) is 12.5 Å². The number of pyridine rings is 1. The van der Waals surface area contributed by atoms with E-state index in [0.717, 1.165) is 54.1 Å². The highest BCUT2D eigenvalue weighted by Gasteiger charge is 2.25. The summed E-state index contributed by atoms with van der Waals surface area (Å²) in [6.07, 6.45) is 3.33. The van der Waals surface area contributed by atoms with Crippen LogP contribution in [0, 0.1) is 19.1 Å². The van der Waals surface area contributed by atoms with E-state index in [1.807, 2.05) is 50.2 Å². The Morgan fingerprint density at radius 3 is 2.61 bits per heavy atom. The van der Waals surface area contributed by atoms with Gasteiger partial charge in [0.25, 0.3) is 11.6 Å². The molecule has 1 aliphatic heterocycles. The number of nitrogens with one attached hydrogen (secondary N) is 1. The van der Waals surface area contributed by atoms with Crippen LogP contribution >= 0.6 is 11.6 Å². The highest BCUT2D eigenvalue weighted by molar-refractivity contribution is 6.31. The minimum absolute atomic E-state index is 0.00349.